The van der Waals surface area contributed by atoms with Gasteiger partial charge in [-0.25, -0.2) is 4.98 Å². The summed E-state index contributed by atoms with van der Waals surface area (Å²) in [6.07, 6.45) is 4.46. The Morgan fingerprint density at radius 3 is 2.83 bits per heavy atom. The Hall–Kier alpha value is -3.38. The maximum atomic E-state index is 12.5. The molecule has 0 saturated carbocycles. The molecule has 0 saturated heterocycles. The average molecular weight is 389 g/mol. The summed E-state index contributed by atoms with van der Waals surface area (Å²) in [5.41, 5.74) is 2.85. The maximum Gasteiger partial charge on any atom is 0.224 e. The molecule has 148 valence electrons. The zero-order valence-electron chi connectivity index (χ0n) is 16.3. The third kappa shape index (κ3) is 4.38. The van der Waals surface area contributed by atoms with Gasteiger partial charge in [-0.2, -0.15) is 0 Å². The zero-order chi connectivity index (χ0) is 20.1. The molecule has 29 heavy (non-hydrogen) atoms. The quantitative estimate of drug-likeness (QED) is 0.481. The van der Waals surface area contributed by atoms with E-state index in [1.54, 1.807) is 13.3 Å². The number of amides is 1. The van der Waals surface area contributed by atoms with Gasteiger partial charge < -0.3 is 19.0 Å². The summed E-state index contributed by atoms with van der Waals surface area (Å²) in [4.78, 5) is 16.8. The smallest absolute Gasteiger partial charge is 0.224 e. The number of fused-ring (bicyclic) bond motifs is 1. The topological polar surface area (TPSA) is 69.3 Å². The Bertz CT molecular complexity index is 1100. The molecule has 0 spiro atoms. The van der Waals surface area contributed by atoms with Crippen molar-refractivity contribution in [2.45, 2.75) is 19.4 Å². The maximum absolute atomic E-state index is 12.5. The van der Waals surface area contributed by atoms with Gasteiger partial charge in [0.15, 0.2) is 11.7 Å². The molecule has 0 unspecified atom stereocenters. The molecule has 6 heteroatoms. The first-order valence-corrected chi connectivity index (χ1v) is 9.61. The van der Waals surface area contributed by atoms with E-state index in [9.17, 15) is 4.79 Å². The first-order valence-electron chi connectivity index (χ1n) is 9.61. The van der Waals surface area contributed by atoms with Crippen molar-refractivity contribution >= 4 is 22.5 Å². The third-order valence-electron chi connectivity index (χ3n) is 4.80. The predicted molar refractivity (Wildman–Crippen MR) is 113 cm³/mol. The zero-order valence-corrected chi connectivity index (χ0v) is 16.3. The minimum atomic E-state index is -0.0680. The van der Waals surface area contributed by atoms with Gasteiger partial charge in [0, 0.05) is 43.6 Å². The van der Waals surface area contributed by atoms with E-state index in [0.717, 1.165) is 28.7 Å². The normalized spacial score (nSPS) is 11.1. The molecule has 2 aromatic heterocycles. The van der Waals surface area contributed by atoms with Crippen molar-refractivity contribution in [3.05, 3.63) is 72.9 Å². The van der Waals surface area contributed by atoms with Crippen molar-refractivity contribution in [1.29, 1.82) is 0 Å². The van der Waals surface area contributed by atoms with Crippen LogP contribution in [0.15, 0.2) is 71.4 Å². The number of aromatic nitrogens is 2. The van der Waals surface area contributed by atoms with Gasteiger partial charge in [-0.15, -0.1) is 0 Å². The van der Waals surface area contributed by atoms with Crippen LogP contribution in [-0.2, 0) is 22.5 Å². The van der Waals surface area contributed by atoms with Gasteiger partial charge in [0.25, 0.3) is 0 Å². The molecule has 6 nitrogen and oxygen atoms in total. The number of carbonyl (C=O) groups excluding carboxylic acids is 1. The number of nitrogens with zero attached hydrogens (tertiary/aromatic N) is 2. The Morgan fingerprint density at radius 2 is 2.00 bits per heavy atom. The molecular formula is C23H23N3O3. The number of hydrogen-bond donors (Lipinski definition) is 1. The molecule has 4 aromatic rings. The van der Waals surface area contributed by atoms with Crippen LogP contribution in [0, 0.1) is 0 Å². The summed E-state index contributed by atoms with van der Waals surface area (Å²) in [6.45, 7) is 1.41. The van der Waals surface area contributed by atoms with Crippen LogP contribution in [0.2, 0.25) is 0 Å². The van der Waals surface area contributed by atoms with Crippen molar-refractivity contribution in [2.75, 3.05) is 19.0 Å². The number of hydrogen-bond acceptors (Lipinski definition) is 4. The summed E-state index contributed by atoms with van der Waals surface area (Å²) in [6, 6.07) is 17.7. The van der Waals surface area contributed by atoms with Crippen LogP contribution in [0.3, 0.4) is 0 Å². The summed E-state index contributed by atoms with van der Waals surface area (Å²) in [5.74, 6) is 1.20. The van der Waals surface area contributed by atoms with Gasteiger partial charge in [0.05, 0.1) is 24.0 Å². The highest BCUT2D eigenvalue weighted by Crippen LogP contribution is 2.25. The minimum absolute atomic E-state index is 0.0680. The fraction of sp³-hybridized carbons (Fsp3) is 0.217. The molecule has 0 bridgehead atoms. The van der Waals surface area contributed by atoms with E-state index in [2.05, 4.69) is 14.9 Å². The van der Waals surface area contributed by atoms with Crippen molar-refractivity contribution in [3.8, 4) is 11.3 Å². The lowest BCUT2D eigenvalue weighted by molar-refractivity contribution is -0.116. The van der Waals surface area contributed by atoms with Gasteiger partial charge in [0.2, 0.25) is 5.91 Å². The molecule has 0 aliphatic heterocycles. The van der Waals surface area contributed by atoms with Gasteiger partial charge in [-0.1, -0.05) is 36.4 Å². The third-order valence-corrected chi connectivity index (χ3v) is 4.80. The molecule has 4 rings (SSSR count). The SMILES string of the molecule is COCCn1ccc2c(NC(=O)CCc3ncc(-c4ccccc4)o3)cccc21. The molecule has 2 heterocycles. The summed E-state index contributed by atoms with van der Waals surface area (Å²) in [5, 5.41) is 4.02. The van der Waals surface area contributed by atoms with Crippen LogP contribution in [0.4, 0.5) is 5.69 Å². The summed E-state index contributed by atoms with van der Waals surface area (Å²) in [7, 11) is 1.69. The Balaban J connectivity index is 1.39. The highest BCUT2D eigenvalue weighted by Gasteiger charge is 2.11. The molecule has 2 aromatic carbocycles. The van der Waals surface area contributed by atoms with E-state index in [1.165, 1.54) is 0 Å². The van der Waals surface area contributed by atoms with E-state index in [0.29, 0.717) is 31.1 Å². The van der Waals surface area contributed by atoms with Crippen molar-refractivity contribution < 1.29 is 13.9 Å². The van der Waals surface area contributed by atoms with Gasteiger partial charge in [-0.3, -0.25) is 4.79 Å². The molecule has 0 atom stereocenters. The van der Waals surface area contributed by atoms with Gasteiger partial charge in [-0.05, 0) is 18.2 Å². The van der Waals surface area contributed by atoms with Crippen molar-refractivity contribution in [3.63, 3.8) is 0 Å². The number of aryl methyl sites for hydroxylation is 1. The lowest BCUT2D eigenvalue weighted by Crippen LogP contribution is -2.12. The molecular weight excluding hydrogens is 366 g/mol. The first kappa shape index (κ1) is 19.0. The molecule has 0 radical (unpaired) electrons. The summed E-state index contributed by atoms with van der Waals surface area (Å²) < 4.78 is 13.0. The minimum Gasteiger partial charge on any atom is -0.441 e. The van der Waals surface area contributed by atoms with E-state index >= 15 is 0 Å². The van der Waals surface area contributed by atoms with Crippen LogP contribution < -0.4 is 5.32 Å². The van der Waals surface area contributed by atoms with E-state index in [4.69, 9.17) is 9.15 Å². The molecule has 0 fully saturated rings. The second-order valence-corrected chi connectivity index (χ2v) is 6.77. The highest BCUT2D eigenvalue weighted by atomic mass is 16.5. The number of ether oxygens (including phenoxy) is 1. The van der Waals surface area contributed by atoms with Crippen LogP contribution in [0.25, 0.3) is 22.2 Å². The number of oxazole rings is 1. The molecule has 1 N–H and O–H groups in total. The number of methoxy groups -OCH3 is 1. The van der Waals surface area contributed by atoms with Crippen LogP contribution >= 0.6 is 0 Å². The Kier molecular flexibility index (Phi) is 5.72. The number of nitrogens with one attached hydrogen (secondary N) is 1. The highest BCUT2D eigenvalue weighted by molar-refractivity contribution is 6.01. The lowest BCUT2D eigenvalue weighted by atomic mass is 10.2. The molecule has 1 amide bonds. The largest absolute Gasteiger partial charge is 0.441 e. The van der Waals surface area contributed by atoms with Crippen molar-refractivity contribution in [1.82, 2.24) is 9.55 Å². The second kappa shape index (κ2) is 8.75. The monoisotopic (exact) mass is 389 g/mol. The average Bonchev–Trinajstić information content (AvgIpc) is 3.39. The Morgan fingerprint density at radius 1 is 1.14 bits per heavy atom. The fourth-order valence-corrected chi connectivity index (χ4v) is 3.31. The second-order valence-electron chi connectivity index (χ2n) is 6.77. The van der Waals surface area contributed by atoms with Gasteiger partial charge >= 0.3 is 0 Å². The number of carbonyl (C=O) groups is 1. The van der Waals surface area contributed by atoms with Crippen molar-refractivity contribution in [2.24, 2.45) is 0 Å². The molecule has 0 aliphatic rings. The number of rotatable bonds is 8. The van der Waals surface area contributed by atoms with Crippen LogP contribution in [0.1, 0.15) is 12.3 Å². The predicted octanol–water partition coefficient (Wildman–Crippen LogP) is 4.51. The summed E-state index contributed by atoms with van der Waals surface area (Å²) >= 11 is 0. The fourth-order valence-electron chi connectivity index (χ4n) is 3.31. The number of benzene rings is 2. The Labute approximate surface area is 169 Å². The van der Waals surface area contributed by atoms with E-state index in [1.807, 2.05) is 60.8 Å². The molecule has 0 aliphatic carbocycles. The lowest BCUT2D eigenvalue weighted by Gasteiger charge is -2.08. The van der Waals surface area contributed by atoms with Crippen LogP contribution in [0.5, 0.6) is 0 Å². The van der Waals surface area contributed by atoms with E-state index in [-0.39, 0.29) is 5.91 Å². The number of anilines is 1. The first-order chi connectivity index (χ1) is 14.2. The van der Waals surface area contributed by atoms with Crippen LogP contribution in [-0.4, -0.2) is 29.2 Å². The van der Waals surface area contributed by atoms with E-state index < -0.39 is 0 Å². The van der Waals surface area contributed by atoms with Gasteiger partial charge in [0.1, 0.15) is 0 Å². The standard InChI is InChI=1S/C23H23N3O3/c1-28-15-14-26-13-12-18-19(8-5-9-20(18)26)25-22(27)10-11-23-24-16-21(29-23)17-6-3-2-4-7-17/h2-9,12-13,16H,10-11,14-15H2,1H3,(H,25,27).